The van der Waals surface area contributed by atoms with Gasteiger partial charge in [0.05, 0.1) is 17.6 Å². The van der Waals surface area contributed by atoms with Crippen LogP contribution >= 0.6 is 11.8 Å². The van der Waals surface area contributed by atoms with Crippen molar-refractivity contribution >= 4 is 29.2 Å². The molecule has 21 heavy (non-hydrogen) atoms. The summed E-state index contributed by atoms with van der Waals surface area (Å²) < 4.78 is 13.4. The van der Waals surface area contributed by atoms with E-state index in [2.05, 4.69) is 15.3 Å². The van der Waals surface area contributed by atoms with Gasteiger partial charge in [-0.3, -0.25) is 4.79 Å². The number of para-hydroxylation sites is 1. The van der Waals surface area contributed by atoms with E-state index in [-0.39, 0.29) is 28.0 Å². The summed E-state index contributed by atoms with van der Waals surface area (Å²) in [5, 5.41) is 11.4. The lowest BCUT2D eigenvalue weighted by molar-refractivity contribution is -0.113. The molecule has 106 valence electrons. The van der Waals surface area contributed by atoms with Crippen molar-refractivity contribution in [2.75, 3.05) is 16.8 Å². The Balaban J connectivity index is 1.94. The highest BCUT2D eigenvalue weighted by Crippen LogP contribution is 2.17. The molecule has 1 amide bonds. The van der Waals surface area contributed by atoms with Crippen LogP contribution < -0.4 is 11.1 Å². The first kappa shape index (κ1) is 14.7. The van der Waals surface area contributed by atoms with Crippen molar-refractivity contribution in [3.8, 4) is 6.07 Å². The third-order valence-electron chi connectivity index (χ3n) is 2.40. The van der Waals surface area contributed by atoms with E-state index in [0.29, 0.717) is 0 Å². The number of hydrogen-bond donors (Lipinski definition) is 2. The van der Waals surface area contributed by atoms with Gasteiger partial charge in [-0.15, -0.1) is 0 Å². The second-order valence-electron chi connectivity index (χ2n) is 3.88. The van der Waals surface area contributed by atoms with Gasteiger partial charge < -0.3 is 11.1 Å². The second kappa shape index (κ2) is 6.67. The number of hydrogen-bond acceptors (Lipinski definition) is 6. The molecule has 0 spiro atoms. The summed E-state index contributed by atoms with van der Waals surface area (Å²) in [6.45, 7) is 0. The molecule has 3 N–H and O–H groups in total. The van der Waals surface area contributed by atoms with Gasteiger partial charge in [-0.2, -0.15) is 5.26 Å². The molecule has 0 atom stereocenters. The van der Waals surface area contributed by atoms with Crippen molar-refractivity contribution in [3.05, 3.63) is 41.8 Å². The molecule has 1 aromatic heterocycles. The van der Waals surface area contributed by atoms with Crippen molar-refractivity contribution in [1.29, 1.82) is 5.26 Å². The number of carbonyl (C=O) groups excluding carboxylic acids is 1. The zero-order chi connectivity index (χ0) is 15.2. The molecule has 1 heterocycles. The molecule has 2 aromatic rings. The highest BCUT2D eigenvalue weighted by molar-refractivity contribution is 7.99. The first-order chi connectivity index (χ1) is 10.1. The van der Waals surface area contributed by atoms with Crippen molar-refractivity contribution in [2.45, 2.75) is 5.16 Å². The molecule has 8 heteroatoms. The van der Waals surface area contributed by atoms with Crippen molar-refractivity contribution in [3.63, 3.8) is 0 Å². The first-order valence-electron chi connectivity index (χ1n) is 5.80. The monoisotopic (exact) mass is 303 g/mol. The normalized spacial score (nSPS) is 9.90. The van der Waals surface area contributed by atoms with E-state index in [9.17, 15) is 9.18 Å². The molecule has 0 aliphatic rings. The Labute approximate surface area is 124 Å². The maximum Gasteiger partial charge on any atom is 0.234 e. The number of nitrogens with zero attached hydrogens (tertiary/aromatic N) is 3. The summed E-state index contributed by atoms with van der Waals surface area (Å²) in [5.41, 5.74) is 5.83. The van der Waals surface area contributed by atoms with E-state index in [1.165, 1.54) is 24.4 Å². The number of anilines is 2. The minimum absolute atomic E-state index is 0.000323. The van der Waals surface area contributed by atoms with Crippen LogP contribution in [0.15, 0.2) is 35.6 Å². The number of nitriles is 1. The Bertz CT molecular complexity index is 716. The van der Waals surface area contributed by atoms with Crippen LogP contribution in [-0.2, 0) is 4.79 Å². The van der Waals surface area contributed by atoms with Gasteiger partial charge in [0.25, 0.3) is 0 Å². The summed E-state index contributed by atoms with van der Waals surface area (Å²) in [6.07, 6.45) is 1.29. The van der Waals surface area contributed by atoms with E-state index >= 15 is 0 Å². The largest absolute Gasteiger partial charge is 0.382 e. The first-order valence-corrected chi connectivity index (χ1v) is 6.78. The molecule has 0 saturated carbocycles. The fourth-order valence-electron chi connectivity index (χ4n) is 1.41. The lowest BCUT2D eigenvalue weighted by Gasteiger charge is -2.05. The van der Waals surface area contributed by atoms with Crippen LogP contribution in [0.2, 0.25) is 0 Å². The molecule has 0 unspecified atom stereocenters. The van der Waals surface area contributed by atoms with E-state index < -0.39 is 11.7 Å². The standard InChI is InChI=1S/C13H10FN5OS/c14-9-3-1-2-4-10(9)18-11(20)7-21-13-17-6-8(5-15)12(16)19-13/h1-4,6H,7H2,(H,18,20)(H2,16,17,19). The lowest BCUT2D eigenvalue weighted by Crippen LogP contribution is -2.15. The molecular weight excluding hydrogens is 293 g/mol. The number of aromatic nitrogens is 2. The second-order valence-corrected chi connectivity index (χ2v) is 4.82. The number of rotatable bonds is 4. The number of amides is 1. The molecule has 0 fully saturated rings. The number of halogens is 1. The fourth-order valence-corrected chi connectivity index (χ4v) is 2.04. The van der Waals surface area contributed by atoms with Crippen LogP contribution in [0.5, 0.6) is 0 Å². The Kier molecular flexibility index (Phi) is 4.68. The van der Waals surface area contributed by atoms with Crippen LogP contribution in [0, 0.1) is 17.1 Å². The number of thioether (sulfide) groups is 1. The van der Waals surface area contributed by atoms with Gasteiger partial charge in [-0.25, -0.2) is 14.4 Å². The minimum atomic E-state index is -0.505. The summed E-state index contributed by atoms with van der Waals surface area (Å²) in [4.78, 5) is 19.5. The lowest BCUT2D eigenvalue weighted by atomic mass is 10.3. The summed E-state index contributed by atoms with van der Waals surface area (Å²) in [7, 11) is 0. The van der Waals surface area contributed by atoms with Gasteiger partial charge in [0.1, 0.15) is 23.3 Å². The topological polar surface area (TPSA) is 105 Å². The van der Waals surface area contributed by atoms with E-state index in [0.717, 1.165) is 11.8 Å². The van der Waals surface area contributed by atoms with Crippen LogP contribution in [0.3, 0.4) is 0 Å². The van der Waals surface area contributed by atoms with Crippen LogP contribution in [0.25, 0.3) is 0 Å². The van der Waals surface area contributed by atoms with Gasteiger partial charge in [0.2, 0.25) is 5.91 Å². The van der Waals surface area contributed by atoms with Crippen LogP contribution in [-0.4, -0.2) is 21.6 Å². The molecule has 2 rings (SSSR count). The predicted molar refractivity (Wildman–Crippen MR) is 76.9 cm³/mol. The molecule has 1 aromatic carbocycles. The van der Waals surface area contributed by atoms with E-state index in [1.54, 1.807) is 6.07 Å². The molecule has 0 aliphatic carbocycles. The Morgan fingerprint density at radius 1 is 1.48 bits per heavy atom. The number of benzene rings is 1. The number of carbonyl (C=O) groups is 1. The molecule has 0 radical (unpaired) electrons. The maximum absolute atomic E-state index is 13.4. The molecule has 6 nitrogen and oxygen atoms in total. The highest BCUT2D eigenvalue weighted by Gasteiger charge is 2.09. The number of nitrogen functional groups attached to an aromatic ring is 1. The van der Waals surface area contributed by atoms with Crippen molar-refractivity contribution in [1.82, 2.24) is 9.97 Å². The zero-order valence-corrected chi connectivity index (χ0v) is 11.5. The fraction of sp³-hybridized carbons (Fsp3) is 0.0769. The molecular formula is C13H10FN5OS. The van der Waals surface area contributed by atoms with Crippen molar-refractivity contribution < 1.29 is 9.18 Å². The molecule has 0 bridgehead atoms. The predicted octanol–water partition coefficient (Wildman–Crippen LogP) is 1.80. The molecule has 0 saturated heterocycles. The quantitative estimate of drug-likeness (QED) is 0.659. The maximum atomic E-state index is 13.4. The number of nitrogens with two attached hydrogens (primary N) is 1. The highest BCUT2D eigenvalue weighted by atomic mass is 32.2. The smallest absolute Gasteiger partial charge is 0.234 e. The summed E-state index contributed by atoms with van der Waals surface area (Å²) in [6, 6.07) is 7.73. The van der Waals surface area contributed by atoms with E-state index in [1.807, 2.05) is 6.07 Å². The average Bonchev–Trinajstić information content (AvgIpc) is 2.48. The van der Waals surface area contributed by atoms with Crippen molar-refractivity contribution in [2.24, 2.45) is 0 Å². The summed E-state index contributed by atoms with van der Waals surface area (Å²) in [5.74, 6) is -0.837. The van der Waals surface area contributed by atoms with Gasteiger partial charge in [0, 0.05) is 0 Å². The Morgan fingerprint density at radius 3 is 2.90 bits per heavy atom. The van der Waals surface area contributed by atoms with E-state index in [4.69, 9.17) is 11.0 Å². The van der Waals surface area contributed by atoms with Crippen LogP contribution in [0.1, 0.15) is 5.56 Å². The van der Waals surface area contributed by atoms with Gasteiger partial charge in [0.15, 0.2) is 5.16 Å². The average molecular weight is 303 g/mol. The Morgan fingerprint density at radius 2 is 2.24 bits per heavy atom. The number of nitrogens with one attached hydrogen (secondary N) is 1. The third kappa shape index (κ3) is 3.90. The SMILES string of the molecule is N#Cc1cnc(SCC(=O)Nc2ccccc2F)nc1N. The third-order valence-corrected chi connectivity index (χ3v) is 3.26. The molecule has 0 aliphatic heterocycles. The Hall–Kier alpha value is -2.66. The van der Waals surface area contributed by atoms with Crippen LogP contribution in [0.4, 0.5) is 15.9 Å². The van der Waals surface area contributed by atoms with Gasteiger partial charge in [-0.05, 0) is 12.1 Å². The van der Waals surface area contributed by atoms with Gasteiger partial charge >= 0.3 is 0 Å². The summed E-state index contributed by atoms with van der Waals surface area (Å²) >= 11 is 1.04. The minimum Gasteiger partial charge on any atom is -0.382 e. The zero-order valence-electron chi connectivity index (χ0n) is 10.7. The van der Waals surface area contributed by atoms with Gasteiger partial charge in [-0.1, -0.05) is 23.9 Å².